The van der Waals surface area contributed by atoms with E-state index >= 15 is 0 Å². The van der Waals surface area contributed by atoms with Crippen molar-refractivity contribution in [1.82, 2.24) is 4.98 Å². The number of piperidine rings is 1. The maximum absolute atomic E-state index is 6.29. The van der Waals surface area contributed by atoms with Gasteiger partial charge in [-0.2, -0.15) is 0 Å². The highest BCUT2D eigenvalue weighted by molar-refractivity contribution is 5.76. The standard InChI is InChI=1S/C22H27N3/c23-21-10-9-19(16-20(21)18-6-2-1-3-7-18)17-11-14-25(15-12-17)22-8-4-5-13-24-22/h4-6,8-10,13,16-17H,1-3,7,11-12,14-15,23H2. The van der Waals surface area contributed by atoms with E-state index in [1.807, 2.05) is 12.3 Å². The number of nitrogen functional groups attached to an aromatic ring is 1. The van der Waals surface area contributed by atoms with Crippen molar-refractivity contribution in [2.75, 3.05) is 23.7 Å². The van der Waals surface area contributed by atoms with E-state index < -0.39 is 0 Å². The molecule has 0 saturated carbocycles. The van der Waals surface area contributed by atoms with Gasteiger partial charge in [-0.15, -0.1) is 0 Å². The van der Waals surface area contributed by atoms with E-state index in [4.69, 9.17) is 5.73 Å². The van der Waals surface area contributed by atoms with E-state index in [1.165, 1.54) is 55.2 Å². The van der Waals surface area contributed by atoms with Crippen molar-refractivity contribution in [3.8, 4) is 0 Å². The van der Waals surface area contributed by atoms with Crippen molar-refractivity contribution in [1.29, 1.82) is 0 Å². The molecule has 25 heavy (non-hydrogen) atoms. The van der Waals surface area contributed by atoms with E-state index in [1.54, 1.807) is 0 Å². The van der Waals surface area contributed by atoms with Crippen LogP contribution < -0.4 is 10.6 Å². The molecule has 1 aromatic heterocycles. The monoisotopic (exact) mass is 333 g/mol. The molecule has 3 heteroatoms. The van der Waals surface area contributed by atoms with Crippen LogP contribution in [0.3, 0.4) is 0 Å². The summed E-state index contributed by atoms with van der Waals surface area (Å²) in [6.45, 7) is 2.15. The molecule has 2 aliphatic rings. The van der Waals surface area contributed by atoms with Crippen LogP contribution in [0, 0.1) is 0 Å². The molecule has 1 aromatic carbocycles. The van der Waals surface area contributed by atoms with Crippen LogP contribution in [0.15, 0.2) is 48.7 Å². The van der Waals surface area contributed by atoms with Gasteiger partial charge >= 0.3 is 0 Å². The van der Waals surface area contributed by atoms with Crippen LogP contribution in [0.2, 0.25) is 0 Å². The average Bonchev–Trinajstić information content (AvgIpc) is 2.70. The highest BCUT2D eigenvalue weighted by Crippen LogP contribution is 2.35. The van der Waals surface area contributed by atoms with Gasteiger partial charge in [0.1, 0.15) is 5.82 Å². The molecule has 0 spiro atoms. The van der Waals surface area contributed by atoms with Gasteiger partial charge in [-0.05, 0) is 79.8 Å². The normalized spacial score (nSPS) is 18.9. The third kappa shape index (κ3) is 3.55. The summed E-state index contributed by atoms with van der Waals surface area (Å²) in [5.41, 5.74) is 11.4. The Morgan fingerprint density at radius 1 is 1.04 bits per heavy atom. The molecule has 0 bridgehead atoms. The first-order valence-corrected chi connectivity index (χ1v) is 9.56. The van der Waals surface area contributed by atoms with Crippen molar-refractivity contribution in [2.24, 2.45) is 0 Å². The molecule has 0 unspecified atom stereocenters. The molecule has 3 nitrogen and oxygen atoms in total. The molecule has 0 amide bonds. The molecule has 130 valence electrons. The first kappa shape index (κ1) is 16.2. The predicted octanol–water partition coefficient (Wildman–Crippen LogP) is 5.01. The lowest BCUT2D eigenvalue weighted by Crippen LogP contribution is -2.33. The smallest absolute Gasteiger partial charge is 0.128 e. The Morgan fingerprint density at radius 3 is 2.64 bits per heavy atom. The van der Waals surface area contributed by atoms with Gasteiger partial charge in [0.05, 0.1) is 0 Å². The molecule has 2 N–H and O–H groups in total. The maximum atomic E-state index is 6.29. The number of aromatic nitrogens is 1. The second kappa shape index (κ2) is 7.30. The quantitative estimate of drug-likeness (QED) is 0.803. The summed E-state index contributed by atoms with van der Waals surface area (Å²) in [7, 11) is 0. The molecule has 2 aromatic rings. The van der Waals surface area contributed by atoms with Crippen LogP contribution in [0.1, 0.15) is 55.6 Å². The molecule has 4 rings (SSSR count). The Hall–Kier alpha value is -2.29. The van der Waals surface area contributed by atoms with Gasteiger partial charge in [-0.1, -0.05) is 18.2 Å². The summed E-state index contributed by atoms with van der Waals surface area (Å²) in [6, 6.07) is 12.9. The molecule has 0 atom stereocenters. The van der Waals surface area contributed by atoms with Crippen molar-refractivity contribution < 1.29 is 0 Å². The Bertz CT molecular complexity index is 743. The lowest BCUT2D eigenvalue weighted by Gasteiger charge is -2.33. The zero-order valence-electron chi connectivity index (χ0n) is 14.8. The maximum Gasteiger partial charge on any atom is 0.128 e. The lowest BCUT2D eigenvalue weighted by atomic mass is 9.85. The van der Waals surface area contributed by atoms with Crippen LogP contribution in [-0.4, -0.2) is 18.1 Å². The molecule has 1 aliphatic carbocycles. The Labute approximate surface area is 150 Å². The number of allylic oxidation sites excluding steroid dienone is 2. The fourth-order valence-corrected chi connectivity index (χ4v) is 4.17. The number of nitrogens with zero attached hydrogens (tertiary/aromatic N) is 2. The van der Waals surface area contributed by atoms with Crippen LogP contribution in [0.4, 0.5) is 11.5 Å². The summed E-state index contributed by atoms with van der Waals surface area (Å²) in [4.78, 5) is 6.89. The Balaban J connectivity index is 1.49. The Kier molecular flexibility index (Phi) is 4.73. The van der Waals surface area contributed by atoms with E-state index in [9.17, 15) is 0 Å². The van der Waals surface area contributed by atoms with Crippen LogP contribution >= 0.6 is 0 Å². The van der Waals surface area contributed by atoms with Gasteiger partial charge in [0.25, 0.3) is 0 Å². The SMILES string of the molecule is Nc1ccc(C2CCN(c3ccccn3)CC2)cc1C1=CCCCC1. The van der Waals surface area contributed by atoms with Crippen molar-refractivity contribution in [2.45, 2.75) is 44.4 Å². The number of hydrogen-bond acceptors (Lipinski definition) is 3. The van der Waals surface area contributed by atoms with Gasteiger partial charge in [0.15, 0.2) is 0 Å². The summed E-state index contributed by atoms with van der Waals surface area (Å²) >= 11 is 0. The van der Waals surface area contributed by atoms with Crippen molar-refractivity contribution in [3.05, 3.63) is 59.8 Å². The molecule has 0 radical (unpaired) electrons. The zero-order chi connectivity index (χ0) is 17.1. The number of hydrogen-bond donors (Lipinski definition) is 1. The number of anilines is 2. The number of benzene rings is 1. The third-order valence-electron chi connectivity index (χ3n) is 5.65. The van der Waals surface area contributed by atoms with Crippen LogP contribution in [0.5, 0.6) is 0 Å². The fraction of sp³-hybridized carbons (Fsp3) is 0.409. The van der Waals surface area contributed by atoms with Crippen LogP contribution in [0.25, 0.3) is 5.57 Å². The van der Waals surface area contributed by atoms with E-state index in [-0.39, 0.29) is 0 Å². The number of nitrogens with two attached hydrogens (primary N) is 1. The molecular formula is C22H27N3. The third-order valence-corrected chi connectivity index (χ3v) is 5.65. The minimum atomic E-state index is 0.628. The van der Waals surface area contributed by atoms with Crippen molar-refractivity contribution >= 4 is 17.1 Å². The molecule has 1 saturated heterocycles. The summed E-state index contributed by atoms with van der Waals surface area (Å²) in [5, 5.41) is 0. The van der Waals surface area contributed by atoms with E-state index in [0.717, 1.165) is 24.6 Å². The van der Waals surface area contributed by atoms with E-state index in [2.05, 4.69) is 46.3 Å². The van der Waals surface area contributed by atoms with Gasteiger partial charge in [0, 0.05) is 30.5 Å². The second-order valence-electron chi connectivity index (χ2n) is 7.27. The number of rotatable bonds is 3. The van der Waals surface area contributed by atoms with Gasteiger partial charge < -0.3 is 10.6 Å². The van der Waals surface area contributed by atoms with Gasteiger partial charge in [-0.25, -0.2) is 4.98 Å². The zero-order valence-corrected chi connectivity index (χ0v) is 14.8. The highest BCUT2D eigenvalue weighted by atomic mass is 15.2. The van der Waals surface area contributed by atoms with Gasteiger partial charge in [-0.3, -0.25) is 0 Å². The molecule has 2 heterocycles. The van der Waals surface area contributed by atoms with Crippen LogP contribution in [-0.2, 0) is 0 Å². The summed E-state index contributed by atoms with van der Waals surface area (Å²) in [5.74, 6) is 1.73. The average molecular weight is 333 g/mol. The molecular weight excluding hydrogens is 306 g/mol. The first-order chi connectivity index (χ1) is 12.3. The predicted molar refractivity (Wildman–Crippen MR) is 106 cm³/mol. The lowest BCUT2D eigenvalue weighted by molar-refractivity contribution is 0.502. The first-order valence-electron chi connectivity index (χ1n) is 9.56. The van der Waals surface area contributed by atoms with Gasteiger partial charge in [0.2, 0.25) is 0 Å². The highest BCUT2D eigenvalue weighted by Gasteiger charge is 2.22. The number of pyridine rings is 1. The van der Waals surface area contributed by atoms with E-state index in [0.29, 0.717) is 5.92 Å². The largest absolute Gasteiger partial charge is 0.398 e. The topological polar surface area (TPSA) is 42.1 Å². The minimum absolute atomic E-state index is 0.628. The minimum Gasteiger partial charge on any atom is -0.398 e. The molecule has 1 fully saturated rings. The molecule has 1 aliphatic heterocycles. The summed E-state index contributed by atoms with van der Waals surface area (Å²) in [6.07, 6.45) is 11.6. The second-order valence-corrected chi connectivity index (χ2v) is 7.27. The van der Waals surface area contributed by atoms with Crippen molar-refractivity contribution in [3.63, 3.8) is 0 Å². The summed E-state index contributed by atoms with van der Waals surface area (Å²) < 4.78 is 0. The Morgan fingerprint density at radius 2 is 1.92 bits per heavy atom. The fourth-order valence-electron chi connectivity index (χ4n) is 4.17.